The first-order valence-corrected chi connectivity index (χ1v) is 5.93. The number of aromatic nitrogens is 2. The molecular weight excluding hydrogens is 234 g/mol. The van der Waals surface area contributed by atoms with Crippen LogP contribution < -0.4 is 0 Å². The number of nitriles is 1. The van der Waals surface area contributed by atoms with E-state index in [1.807, 2.05) is 30.3 Å². The summed E-state index contributed by atoms with van der Waals surface area (Å²) in [4.78, 5) is 0. The largest absolute Gasteiger partial charge is 0.221 e. The van der Waals surface area contributed by atoms with Gasteiger partial charge in [0.1, 0.15) is 11.6 Å². The predicted molar refractivity (Wildman–Crippen MR) is 65.3 cm³/mol. The second-order valence-electron chi connectivity index (χ2n) is 4.18. The second kappa shape index (κ2) is 3.90. The second-order valence-corrected chi connectivity index (χ2v) is 4.54. The standard InChI is InChI=1S/C13H10ClN3/c14-13-11(8-15)12(9-6-7-9)16-17(13)10-4-2-1-3-5-10/h1-5,9H,6-7H2. The van der Waals surface area contributed by atoms with Crippen LogP contribution in [0.5, 0.6) is 0 Å². The molecule has 0 bridgehead atoms. The number of rotatable bonds is 2. The molecule has 3 nitrogen and oxygen atoms in total. The smallest absolute Gasteiger partial charge is 0.150 e. The minimum absolute atomic E-state index is 0.417. The molecule has 3 rings (SSSR count). The molecule has 0 unspecified atom stereocenters. The van der Waals surface area contributed by atoms with E-state index in [-0.39, 0.29) is 0 Å². The summed E-state index contributed by atoms with van der Waals surface area (Å²) in [6, 6.07) is 11.8. The van der Waals surface area contributed by atoms with Crippen molar-refractivity contribution in [2.45, 2.75) is 18.8 Å². The van der Waals surface area contributed by atoms with Gasteiger partial charge in [-0.2, -0.15) is 10.4 Å². The first-order chi connectivity index (χ1) is 8.31. The molecule has 17 heavy (non-hydrogen) atoms. The lowest BCUT2D eigenvalue weighted by Crippen LogP contribution is -1.96. The lowest BCUT2D eigenvalue weighted by atomic mass is 10.2. The van der Waals surface area contributed by atoms with Gasteiger partial charge >= 0.3 is 0 Å². The molecular formula is C13H10ClN3. The minimum atomic E-state index is 0.417. The Kier molecular flexibility index (Phi) is 2.38. The highest BCUT2D eigenvalue weighted by atomic mass is 35.5. The molecule has 0 aliphatic heterocycles. The molecule has 1 aliphatic rings. The van der Waals surface area contributed by atoms with Crippen molar-refractivity contribution < 1.29 is 0 Å². The van der Waals surface area contributed by atoms with Gasteiger partial charge in [0.25, 0.3) is 0 Å². The molecule has 2 aromatic rings. The molecule has 84 valence electrons. The Morgan fingerprint density at radius 3 is 2.59 bits per heavy atom. The van der Waals surface area contributed by atoms with E-state index in [1.54, 1.807) is 4.68 Å². The van der Waals surface area contributed by atoms with Crippen molar-refractivity contribution in [1.82, 2.24) is 9.78 Å². The van der Waals surface area contributed by atoms with Crippen LogP contribution in [-0.4, -0.2) is 9.78 Å². The molecule has 1 fully saturated rings. The zero-order chi connectivity index (χ0) is 11.8. The summed E-state index contributed by atoms with van der Waals surface area (Å²) in [5.41, 5.74) is 2.26. The summed E-state index contributed by atoms with van der Waals surface area (Å²) >= 11 is 6.21. The first kappa shape index (κ1) is 10.4. The Hall–Kier alpha value is -1.79. The summed E-state index contributed by atoms with van der Waals surface area (Å²) in [5, 5.41) is 14.0. The molecule has 4 heteroatoms. The number of benzene rings is 1. The molecule has 0 radical (unpaired) electrons. The Morgan fingerprint density at radius 2 is 2.00 bits per heavy atom. The minimum Gasteiger partial charge on any atom is -0.221 e. The van der Waals surface area contributed by atoms with Gasteiger partial charge in [-0.3, -0.25) is 0 Å². The molecule has 1 aromatic heterocycles. The van der Waals surface area contributed by atoms with Crippen molar-refractivity contribution in [3.05, 3.63) is 46.7 Å². The fourth-order valence-electron chi connectivity index (χ4n) is 1.90. The van der Waals surface area contributed by atoms with Crippen molar-refractivity contribution in [3.8, 4) is 11.8 Å². The zero-order valence-corrected chi connectivity index (χ0v) is 9.85. The van der Waals surface area contributed by atoms with Crippen LogP contribution in [0.4, 0.5) is 0 Å². The summed E-state index contributed by atoms with van der Waals surface area (Å²) < 4.78 is 1.65. The monoisotopic (exact) mass is 243 g/mol. The molecule has 0 saturated heterocycles. The van der Waals surface area contributed by atoms with Gasteiger partial charge in [-0.15, -0.1) is 0 Å². The van der Waals surface area contributed by atoms with Crippen LogP contribution in [0.2, 0.25) is 5.15 Å². The number of para-hydroxylation sites is 1. The Bertz CT molecular complexity index is 591. The lowest BCUT2D eigenvalue weighted by Gasteiger charge is -2.01. The average molecular weight is 244 g/mol. The van der Waals surface area contributed by atoms with E-state index in [4.69, 9.17) is 16.9 Å². The Morgan fingerprint density at radius 1 is 1.29 bits per heavy atom. The van der Waals surface area contributed by atoms with Crippen LogP contribution in [0.1, 0.15) is 30.0 Å². The van der Waals surface area contributed by atoms with E-state index in [2.05, 4.69) is 11.2 Å². The third-order valence-corrected chi connectivity index (χ3v) is 3.28. The van der Waals surface area contributed by atoms with E-state index in [9.17, 15) is 0 Å². The van der Waals surface area contributed by atoms with Crippen LogP contribution in [0.25, 0.3) is 5.69 Å². The van der Waals surface area contributed by atoms with Crippen molar-refractivity contribution in [2.24, 2.45) is 0 Å². The maximum atomic E-state index is 9.15. The first-order valence-electron chi connectivity index (χ1n) is 5.55. The normalized spacial score (nSPS) is 14.6. The van der Waals surface area contributed by atoms with Crippen LogP contribution in [-0.2, 0) is 0 Å². The highest BCUT2D eigenvalue weighted by Gasteiger charge is 2.31. The Balaban J connectivity index is 2.16. The molecule has 0 N–H and O–H groups in total. The molecule has 0 spiro atoms. The van der Waals surface area contributed by atoms with Gasteiger partial charge in [0.15, 0.2) is 5.15 Å². The quantitative estimate of drug-likeness (QED) is 0.812. The van der Waals surface area contributed by atoms with Crippen molar-refractivity contribution >= 4 is 11.6 Å². The summed E-state index contributed by atoms with van der Waals surface area (Å²) in [5.74, 6) is 0.423. The maximum Gasteiger partial charge on any atom is 0.150 e. The number of hydrogen-bond acceptors (Lipinski definition) is 2. The van der Waals surface area contributed by atoms with E-state index in [0.717, 1.165) is 24.2 Å². The van der Waals surface area contributed by atoms with E-state index >= 15 is 0 Å². The van der Waals surface area contributed by atoms with E-state index < -0.39 is 0 Å². The third kappa shape index (κ3) is 1.71. The SMILES string of the molecule is N#Cc1c(C2CC2)nn(-c2ccccc2)c1Cl. The van der Waals surface area contributed by atoms with Gasteiger partial charge < -0.3 is 0 Å². The van der Waals surface area contributed by atoms with Gasteiger partial charge in [-0.1, -0.05) is 29.8 Å². The number of halogens is 1. The molecule has 0 amide bonds. The number of nitrogens with zero attached hydrogens (tertiary/aromatic N) is 3. The number of hydrogen-bond donors (Lipinski definition) is 0. The van der Waals surface area contributed by atoms with Gasteiger partial charge in [0, 0.05) is 5.92 Å². The highest BCUT2D eigenvalue weighted by Crippen LogP contribution is 2.42. The molecule has 1 aliphatic carbocycles. The third-order valence-electron chi connectivity index (χ3n) is 2.93. The van der Waals surface area contributed by atoms with Crippen LogP contribution >= 0.6 is 11.6 Å². The molecule has 1 heterocycles. The maximum absolute atomic E-state index is 9.15. The molecule has 1 aromatic carbocycles. The van der Waals surface area contributed by atoms with Gasteiger partial charge in [0.2, 0.25) is 0 Å². The summed E-state index contributed by atoms with van der Waals surface area (Å²) in [6.07, 6.45) is 2.22. The van der Waals surface area contributed by atoms with Gasteiger partial charge in [-0.05, 0) is 25.0 Å². The average Bonchev–Trinajstić information content (AvgIpc) is 3.15. The van der Waals surface area contributed by atoms with Crippen LogP contribution in [0.15, 0.2) is 30.3 Å². The fraction of sp³-hybridized carbons (Fsp3) is 0.231. The predicted octanol–water partition coefficient (Wildman–Crippen LogP) is 3.27. The molecule has 1 saturated carbocycles. The van der Waals surface area contributed by atoms with Crippen molar-refractivity contribution in [3.63, 3.8) is 0 Å². The molecule has 0 atom stereocenters. The van der Waals surface area contributed by atoms with E-state index in [1.165, 1.54) is 0 Å². The topological polar surface area (TPSA) is 41.6 Å². The van der Waals surface area contributed by atoms with Crippen molar-refractivity contribution in [1.29, 1.82) is 5.26 Å². The zero-order valence-electron chi connectivity index (χ0n) is 9.10. The van der Waals surface area contributed by atoms with Crippen LogP contribution in [0, 0.1) is 11.3 Å². The summed E-state index contributed by atoms with van der Waals surface area (Å²) in [6.45, 7) is 0. The summed E-state index contributed by atoms with van der Waals surface area (Å²) in [7, 11) is 0. The fourth-order valence-corrected chi connectivity index (χ4v) is 2.17. The van der Waals surface area contributed by atoms with Crippen molar-refractivity contribution in [2.75, 3.05) is 0 Å². The Labute approximate surface area is 104 Å². The van der Waals surface area contributed by atoms with Gasteiger partial charge in [0.05, 0.1) is 11.4 Å². The highest BCUT2D eigenvalue weighted by molar-refractivity contribution is 6.31. The lowest BCUT2D eigenvalue weighted by molar-refractivity contribution is 0.838. The van der Waals surface area contributed by atoms with Gasteiger partial charge in [-0.25, -0.2) is 4.68 Å². The van der Waals surface area contributed by atoms with E-state index in [0.29, 0.717) is 16.6 Å². The van der Waals surface area contributed by atoms with Crippen LogP contribution in [0.3, 0.4) is 0 Å².